The summed E-state index contributed by atoms with van der Waals surface area (Å²) >= 11 is 0. The lowest BCUT2D eigenvalue weighted by Crippen LogP contribution is -2.37. The molecule has 1 heterocycles. The van der Waals surface area contributed by atoms with Crippen LogP contribution in [0.4, 0.5) is 17.8 Å². The molecule has 0 aliphatic rings. The monoisotopic (exact) mass is 284 g/mol. The molecule has 0 aliphatic carbocycles. The zero-order chi connectivity index (χ0) is 15.2. The predicted molar refractivity (Wildman–Crippen MR) is 79.1 cm³/mol. The Labute approximate surface area is 119 Å². The Morgan fingerprint density at radius 2 is 1.75 bits per heavy atom. The summed E-state index contributed by atoms with van der Waals surface area (Å²) in [6.07, 6.45) is 0. The number of aliphatic hydroxyl groups is 2. The molecule has 1 unspecified atom stereocenters. The Kier molecular flexibility index (Phi) is 5.90. The van der Waals surface area contributed by atoms with Crippen molar-refractivity contribution in [2.45, 2.75) is 26.4 Å². The first kappa shape index (κ1) is 16.4. The third-order valence-corrected chi connectivity index (χ3v) is 2.86. The lowest BCUT2D eigenvalue weighted by molar-refractivity contribution is 0.0131. The molecule has 0 saturated heterocycles. The molecule has 4 N–H and O–H groups in total. The predicted octanol–water partition coefficient (Wildman–Crippen LogP) is -0.0853. The van der Waals surface area contributed by atoms with Crippen molar-refractivity contribution in [2.24, 2.45) is 0 Å². The van der Waals surface area contributed by atoms with Crippen LogP contribution < -0.4 is 15.5 Å². The fraction of sp³-hybridized carbons (Fsp3) is 0.750. The van der Waals surface area contributed by atoms with Crippen molar-refractivity contribution in [3.63, 3.8) is 0 Å². The lowest BCUT2D eigenvalue weighted by Gasteiger charge is -2.22. The average Bonchev–Trinajstić information content (AvgIpc) is 2.46. The second-order valence-corrected chi connectivity index (χ2v) is 4.71. The Balaban J connectivity index is 2.93. The molecule has 1 rings (SSSR count). The number of aliphatic hydroxyl groups excluding tert-OH is 1. The van der Waals surface area contributed by atoms with E-state index in [1.165, 1.54) is 6.92 Å². The van der Waals surface area contributed by atoms with Crippen molar-refractivity contribution in [2.75, 3.05) is 48.8 Å². The van der Waals surface area contributed by atoms with Gasteiger partial charge in [-0.05, 0) is 20.8 Å². The molecule has 0 saturated carbocycles. The largest absolute Gasteiger partial charge is 0.393 e. The topological polar surface area (TPSA) is 106 Å². The number of hydrogen-bond donors (Lipinski definition) is 4. The SMILES string of the molecule is CCN(CC)c1nc(NC)nc(NCC(C)(O)CO)n1. The summed E-state index contributed by atoms with van der Waals surface area (Å²) in [5.41, 5.74) is -1.22. The fourth-order valence-corrected chi connectivity index (χ4v) is 1.53. The number of anilines is 3. The molecule has 0 bridgehead atoms. The van der Waals surface area contributed by atoms with E-state index in [-0.39, 0.29) is 13.2 Å². The van der Waals surface area contributed by atoms with Gasteiger partial charge < -0.3 is 25.7 Å². The summed E-state index contributed by atoms with van der Waals surface area (Å²) in [7, 11) is 1.73. The van der Waals surface area contributed by atoms with Crippen LogP contribution in [0.15, 0.2) is 0 Å². The highest BCUT2D eigenvalue weighted by molar-refractivity contribution is 5.43. The summed E-state index contributed by atoms with van der Waals surface area (Å²) < 4.78 is 0. The standard InChI is InChI=1S/C12H24N6O2/c1-5-18(6-2)11-16-9(13-4)15-10(17-11)14-7-12(3,20)8-19/h19-20H,5-8H2,1-4H3,(H2,13,14,15,16,17). The van der Waals surface area contributed by atoms with E-state index in [2.05, 4.69) is 25.6 Å². The zero-order valence-corrected chi connectivity index (χ0v) is 12.5. The van der Waals surface area contributed by atoms with Gasteiger partial charge in [-0.1, -0.05) is 0 Å². The van der Waals surface area contributed by atoms with Crippen molar-refractivity contribution in [1.29, 1.82) is 0 Å². The molecule has 1 aromatic heterocycles. The minimum Gasteiger partial charge on any atom is -0.393 e. The summed E-state index contributed by atoms with van der Waals surface area (Å²) in [5.74, 6) is 1.38. The summed E-state index contributed by atoms with van der Waals surface area (Å²) in [4.78, 5) is 14.8. The third kappa shape index (κ3) is 4.46. The van der Waals surface area contributed by atoms with Gasteiger partial charge in [-0.3, -0.25) is 0 Å². The Morgan fingerprint density at radius 1 is 1.15 bits per heavy atom. The van der Waals surface area contributed by atoms with Crippen LogP contribution in [0.2, 0.25) is 0 Å². The Hall–Kier alpha value is -1.67. The van der Waals surface area contributed by atoms with E-state index in [1.54, 1.807) is 7.05 Å². The number of rotatable bonds is 8. The molecule has 1 aromatic rings. The van der Waals surface area contributed by atoms with E-state index in [4.69, 9.17) is 5.11 Å². The average molecular weight is 284 g/mol. The highest BCUT2D eigenvalue weighted by Crippen LogP contribution is 2.14. The van der Waals surface area contributed by atoms with Gasteiger partial charge >= 0.3 is 0 Å². The summed E-state index contributed by atoms with van der Waals surface area (Å²) in [6.45, 7) is 6.97. The van der Waals surface area contributed by atoms with E-state index in [0.717, 1.165) is 13.1 Å². The lowest BCUT2D eigenvalue weighted by atomic mass is 10.1. The highest BCUT2D eigenvalue weighted by Gasteiger charge is 2.19. The van der Waals surface area contributed by atoms with E-state index in [1.807, 2.05) is 18.7 Å². The molecule has 0 radical (unpaired) electrons. The van der Waals surface area contributed by atoms with Crippen LogP contribution in [-0.4, -0.2) is 64.1 Å². The molecular formula is C12H24N6O2. The van der Waals surface area contributed by atoms with Gasteiger partial charge in [0.2, 0.25) is 17.8 Å². The molecule has 8 heteroatoms. The fourth-order valence-electron chi connectivity index (χ4n) is 1.53. The number of aromatic nitrogens is 3. The van der Waals surface area contributed by atoms with Gasteiger partial charge in [-0.25, -0.2) is 0 Å². The maximum absolute atomic E-state index is 9.77. The van der Waals surface area contributed by atoms with Gasteiger partial charge in [0.15, 0.2) is 0 Å². The molecule has 20 heavy (non-hydrogen) atoms. The normalized spacial score (nSPS) is 13.7. The van der Waals surface area contributed by atoms with E-state index in [9.17, 15) is 5.11 Å². The van der Waals surface area contributed by atoms with Crippen molar-refractivity contribution < 1.29 is 10.2 Å². The van der Waals surface area contributed by atoms with Crippen LogP contribution >= 0.6 is 0 Å². The minimum absolute atomic E-state index is 0.147. The minimum atomic E-state index is -1.22. The molecule has 8 nitrogen and oxygen atoms in total. The van der Waals surface area contributed by atoms with E-state index >= 15 is 0 Å². The second-order valence-electron chi connectivity index (χ2n) is 4.71. The number of nitrogens with one attached hydrogen (secondary N) is 2. The van der Waals surface area contributed by atoms with Crippen LogP contribution in [0.5, 0.6) is 0 Å². The third-order valence-electron chi connectivity index (χ3n) is 2.86. The molecule has 0 aromatic carbocycles. The highest BCUT2D eigenvalue weighted by atomic mass is 16.3. The Bertz CT molecular complexity index is 422. The van der Waals surface area contributed by atoms with Gasteiger partial charge in [-0.2, -0.15) is 15.0 Å². The first-order chi connectivity index (χ1) is 9.45. The van der Waals surface area contributed by atoms with Crippen LogP contribution in [0.25, 0.3) is 0 Å². The van der Waals surface area contributed by atoms with E-state index < -0.39 is 5.60 Å². The van der Waals surface area contributed by atoms with Crippen LogP contribution in [0.3, 0.4) is 0 Å². The van der Waals surface area contributed by atoms with Crippen molar-refractivity contribution >= 4 is 17.8 Å². The molecule has 0 amide bonds. The van der Waals surface area contributed by atoms with Gasteiger partial charge in [0.1, 0.15) is 5.60 Å². The van der Waals surface area contributed by atoms with Crippen LogP contribution in [0.1, 0.15) is 20.8 Å². The molecule has 114 valence electrons. The van der Waals surface area contributed by atoms with E-state index in [0.29, 0.717) is 17.8 Å². The van der Waals surface area contributed by atoms with Gasteiger partial charge in [-0.15, -0.1) is 0 Å². The quantitative estimate of drug-likeness (QED) is 0.525. The molecule has 0 fully saturated rings. The molecular weight excluding hydrogens is 260 g/mol. The zero-order valence-electron chi connectivity index (χ0n) is 12.5. The van der Waals surface area contributed by atoms with Gasteiger partial charge in [0, 0.05) is 26.7 Å². The van der Waals surface area contributed by atoms with Crippen molar-refractivity contribution in [3.05, 3.63) is 0 Å². The van der Waals surface area contributed by atoms with Crippen LogP contribution in [0, 0.1) is 0 Å². The number of nitrogens with zero attached hydrogens (tertiary/aromatic N) is 4. The second kappa shape index (κ2) is 7.20. The van der Waals surface area contributed by atoms with Gasteiger partial charge in [0.25, 0.3) is 0 Å². The smallest absolute Gasteiger partial charge is 0.231 e. The van der Waals surface area contributed by atoms with Gasteiger partial charge in [0.05, 0.1) is 6.61 Å². The summed E-state index contributed by atoms with van der Waals surface area (Å²) in [5, 5.41) is 24.6. The maximum atomic E-state index is 9.77. The number of hydrogen-bond acceptors (Lipinski definition) is 8. The summed E-state index contributed by atoms with van der Waals surface area (Å²) in [6, 6.07) is 0. The van der Waals surface area contributed by atoms with Crippen molar-refractivity contribution in [1.82, 2.24) is 15.0 Å². The molecule has 1 atom stereocenters. The van der Waals surface area contributed by atoms with Crippen LogP contribution in [-0.2, 0) is 0 Å². The molecule has 0 aliphatic heterocycles. The van der Waals surface area contributed by atoms with Crippen molar-refractivity contribution in [3.8, 4) is 0 Å². The first-order valence-corrected chi connectivity index (χ1v) is 6.71. The maximum Gasteiger partial charge on any atom is 0.231 e. The molecule has 0 spiro atoms. The Morgan fingerprint density at radius 3 is 2.25 bits per heavy atom. The first-order valence-electron chi connectivity index (χ1n) is 6.71.